The van der Waals surface area contributed by atoms with Crippen LogP contribution in [0.5, 0.6) is 0 Å². The summed E-state index contributed by atoms with van der Waals surface area (Å²) in [5, 5.41) is 45.6. The van der Waals surface area contributed by atoms with Crippen LogP contribution >= 0.6 is 0 Å². The molecule has 3 N–H and O–H groups in total. The molecule has 2 heterocycles. The number of ether oxygens (including phenoxy) is 4. The van der Waals surface area contributed by atoms with Crippen LogP contribution in [0.25, 0.3) is 0 Å². The lowest BCUT2D eigenvalue weighted by Crippen LogP contribution is -2.68. The number of fused-ring (bicyclic) bond motifs is 5. The fourth-order valence-corrected chi connectivity index (χ4v) is 9.91. The molecule has 0 spiro atoms. The average molecular weight is 546 g/mol. The van der Waals surface area contributed by atoms with Crippen molar-refractivity contribution in [2.24, 2.45) is 28.6 Å². The first-order valence-electron chi connectivity index (χ1n) is 14.8. The number of cyclic esters (lactones) is 1. The van der Waals surface area contributed by atoms with E-state index >= 15 is 0 Å². The highest BCUT2D eigenvalue weighted by atomic mass is 16.7. The van der Waals surface area contributed by atoms with Crippen molar-refractivity contribution in [2.45, 2.75) is 120 Å². The summed E-state index contributed by atoms with van der Waals surface area (Å²) in [5.41, 5.74) is -2.50. The molecule has 0 amide bonds. The Kier molecular flexibility index (Phi) is 6.73. The van der Waals surface area contributed by atoms with Crippen LogP contribution in [0, 0.1) is 39.9 Å². The van der Waals surface area contributed by atoms with Crippen molar-refractivity contribution < 1.29 is 39.1 Å². The standard InChI is InChI=1S/C30H43NO8/c1-17-26(33)23(36-3)13-25(38-17)39-19-4-9-28(16-31)21-5-8-27(2)20(18-12-24(32)37-15-18)7-11-30(27,35)22(21)6-10-29(28,34)14-19/h12,17,19-23,25-26,33-35H,4-11,13-15H2,1-3H3/t17-,19+,20-,21-,22+,23+,25-,26-,27+,28-,29-,30-/m0/s1. The highest BCUT2D eigenvalue weighted by Crippen LogP contribution is 2.70. The van der Waals surface area contributed by atoms with Gasteiger partial charge in [-0.1, -0.05) is 6.92 Å². The molecule has 216 valence electrons. The summed E-state index contributed by atoms with van der Waals surface area (Å²) in [4.78, 5) is 11.8. The summed E-state index contributed by atoms with van der Waals surface area (Å²) in [7, 11) is 1.57. The second-order valence-electron chi connectivity index (χ2n) is 13.4. The van der Waals surface area contributed by atoms with Gasteiger partial charge in [-0.25, -0.2) is 4.79 Å². The van der Waals surface area contributed by atoms with Gasteiger partial charge in [-0.15, -0.1) is 0 Å². The quantitative estimate of drug-likeness (QED) is 0.359. The number of hydrogen-bond donors (Lipinski definition) is 3. The highest BCUT2D eigenvalue weighted by Gasteiger charge is 2.72. The van der Waals surface area contributed by atoms with E-state index < -0.39 is 40.5 Å². The van der Waals surface area contributed by atoms with Crippen LogP contribution < -0.4 is 0 Å². The number of methoxy groups -OCH3 is 1. The number of rotatable bonds is 4. The number of carbonyl (C=O) groups is 1. The minimum Gasteiger partial charge on any atom is -0.458 e. The zero-order valence-corrected chi connectivity index (χ0v) is 23.3. The smallest absolute Gasteiger partial charge is 0.331 e. The number of aliphatic hydroxyl groups excluding tert-OH is 1. The fraction of sp³-hybridized carbons (Fsp3) is 0.867. The lowest BCUT2D eigenvalue weighted by molar-refractivity contribution is -0.286. The largest absolute Gasteiger partial charge is 0.458 e. The van der Waals surface area contributed by atoms with Crippen LogP contribution in [0.2, 0.25) is 0 Å². The molecule has 0 aromatic rings. The monoisotopic (exact) mass is 545 g/mol. The van der Waals surface area contributed by atoms with Gasteiger partial charge in [0, 0.05) is 31.4 Å². The van der Waals surface area contributed by atoms with Crippen LogP contribution in [0.15, 0.2) is 11.6 Å². The summed E-state index contributed by atoms with van der Waals surface area (Å²) in [6, 6.07) is 2.62. The van der Waals surface area contributed by atoms with Gasteiger partial charge in [0.05, 0.1) is 41.0 Å². The Labute approximate surface area is 230 Å². The molecule has 6 aliphatic rings. The van der Waals surface area contributed by atoms with Crippen molar-refractivity contribution in [3.05, 3.63) is 11.6 Å². The Balaban J connectivity index is 1.21. The third-order valence-corrected chi connectivity index (χ3v) is 12.0. The van der Waals surface area contributed by atoms with Gasteiger partial charge < -0.3 is 34.3 Å². The van der Waals surface area contributed by atoms with E-state index in [1.165, 1.54) is 0 Å². The van der Waals surface area contributed by atoms with E-state index in [4.69, 9.17) is 18.9 Å². The molecule has 6 rings (SSSR count). The van der Waals surface area contributed by atoms with Gasteiger partial charge >= 0.3 is 5.97 Å². The van der Waals surface area contributed by atoms with Crippen LogP contribution in [-0.2, 0) is 23.7 Å². The van der Waals surface area contributed by atoms with Gasteiger partial charge in [-0.2, -0.15) is 5.26 Å². The summed E-state index contributed by atoms with van der Waals surface area (Å²) < 4.78 is 22.9. The number of nitriles is 1. The van der Waals surface area contributed by atoms with Gasteiger partial charge in [0.2, 0.25) is 0 Å². The normalized spacial score (nSPS) is 53.2. The molecule has 4 saturated carbocycles. The molecule has 2 aliphatic heterocycles. The molecule has 0 radical (unpaired) electrons. The van der Waals surface area contributed by atoms with E-state index in [0.29, 0.717) is 51.6 Å². The maximum absolute atomic E-state index is 12.4. The molecular weight excluding hydrogens is 502 g/mol. The number of aliphatic hydroxyl groups is 3. The molecule has 1 saturated heterocycles. The molecule has 12 atom stereocenters. The van der Waals surface area contributed by atoms with E-state index in [9.17, 15) is 25.4 Å². The molecule has 0 unspecified atom stereocenters. The van der Waals surface area contributed by atoms with Crippen LogP contribution in [0.1, 0.15) is 78.1 Å². The summed E-state index contributed by atoms with van der Waals surface area (Å²) in [6.07, 6.45) is 5.21. The Morgan fingerprint density at radius 3 is 2.56 bits per heavy atom. The van der Waals surface area contributed by atoms with Gasteiger partial charge in [0.15, 0.2) is 6.29 Å². The molecular formula is C30H43NO8. The van der Waals surface area contributed by atoms with E-state index in [0.717, 1.165) is 24.8 Å². The Bertz CT molecular complexity index is 1070. The lowest BCUT2D eigenvalue weighted by Gasteiger charge is -2.64. The number of hydrogen-bond acceptors (Lipinski definition) is 9. The third kappa shape index (κ3) is 3.89. The molecule has 0 bridgehead atoms. The van der Waals surface area contributed by atoms with Crippen LogP contribution in [-0.4, -0.2) is 76.9 Å². The van der Waals surface area contributed by atoms with Crippen molar-refractivity contribution in [3.8, 4) is 6.07 Å². The van der Waals surface area contributed by atoms with Crippen molar-refractivity contribution in [1.29, 1.82) is 5.26 Å². The van der Waals surface area contributed by atoms with Crippen molar-refractivity contribution in [2.75, 3.05) is 13.7 Å². The third-order valence-electron chi connectivity index (χ3n) is 12.0. The van der Waals surface area contributed by atoms with Crippen molar-refractivity contribution in [3.63, 3.8) is 0 Å². The lowest BCUT2D eigenvalue weighted by atomic mass is 9.41. The van der Waals surface area contributed by atoms with Gasteiger partial charge in [0.25, 0.3) is 0 Å². The average Bonchev–Trinajstić information content (AvgIpc) is 3.45. The SMILES string of the molecule is CO[C@@H]1C[C@H](O[C@@H]2CC[C@]3(C#N)[C@H]4CC[C@]5(C)[C@H](C6=CC(=O)OC6)CC[C@]5(O)[C@@H]4CC[C@]3(O)C2)O[C@@H](C)[C@@H]1O. The minimum atomic E-state index is -1.21. The molecule has 4 aliphatic carbocycles. The zero-order valence-electron chi connectivity index (χ0n) is 23.3. The molecule has 39 heavy (non-hydrogen) atoms. The molecule has 0 aromatic carbocycles. The predicted molar refractivity (Wildman–Crippen MR) is 138 cm³/mol. The first kappa shape index (κ1) is 27.6. The maximum atomic E-state index is 12.4. The van der Waals surface area contributed by atoms with E-state index in [2.05, 4.69) is 13.0 Å². The topological polar surface area (TPSA) is 138 Å². The van der Waals surface area contributed by atoms with E-state index in [-0.39, 0.29) is 35.9 Å². The van der Waals surface area contributed by atoms with Crippen LogP contribution in [0.4, 0.5) is 0 Å². The van der Waals surface area contributed by atoms with Gasteiger partial charge in [-0.05, 0) is 81.6 Å². The van der Waals surface area contributed by atoms with Crippen LogP contribution in [0.3, 0.4) is 0 Å². The summed E-state index contributed by atoms with van der Waals surface area (Å²) >= 11 is 0. The summed E-state index contributed by atoms with van der Waals surface area (Å²) in [6.45, 7) is 4.26. The predicted octanol–water partition coefficient (Wildman–Crippen LogP) is 2.76. The van der Waals surface area contributed by atoms with Gasteiger partial charge in [0.1, 0.15) is 12.7 Å². The van der Waals surface area contributed by atoms with E-state index in [1.54, 1.807) is 20.1 Å². The first-order chi connectivity index (χ1) is 18.5. The summed E-state index contributed by atoms with van der Waals surface area (Å²) in [5.74, 6) is -0.396. The molecule has 9 nitrogen and oxygen atoms in total. The first-order valence-corrected chi connectivity index (χ1v) is 14.8. The highest BCUT2D eigenvalue weighted by molar-refractivity contribution is 5.85. The number of nitrogens with zero attached hydrogens (tertiary/aromatic N) is 1. The second kappa shape index (κ2) is 9.50. The number of esters is 1. The molecule has 0 aromatic heterocycles. The molecule has 5 fully saturated rings. The Morgan fingerprint density at radius 1 is 1.10 bits per heavy atom. The Morgan fingerprint density at radius 2 is 1.87 bits per heavy atom. The van der Waals surface area contributed by atoms with E-state index in [1.807, 2.05) is 0 Å². The van der Waals surface area contributed by atoms with Crippen molar-refractivity contribution >= 4 is 5.97 Å². The maximum Gasteiger partial charge on any atom is 0.331 e. The van der Waals surface area contributed by atoms with Crippen molar-refractivity contribution in [1.82, 2.24) is 0 Å². The zero-order chi connectivity index (χ0) is 27.8. The fourth-order valence-electron chi connectivity index (χ4n) is 9.91. The Hall–Kier alpha value is -1.54. The molecule has 9 heteroatoms. The second-order valence-corrected chi connectivity index (χ2v) is 13.4. The number of carbonyl (C=O) groups excluding carboxylic acids is 1. The minimum absolute atomic E-state index is 0.0799. The van der Waals surface area contributed by atoms with Gasteiger partial charge in [-0.3, -0.25) is 0 Å².